The Kier molecular flexibility index (Phi) is 4.64. The largest absolute Gasteiger partial charge is 0.476 e. The van der Waals surface area contributed by atoms with E-state index in [0.29, 0.717) is 12.4 Å². The first kappa shape index (κ1) is 14.7. The number of nitrogens with one attached hydrogen (secondary N) is 1. The molecule has 0 unspecified atom stereocenters. The van der Waals surface area contributed by atoms with Gasteiger partial charge in [-0.2, -0.15) is 4.98 Å². The summed E-state index contributed by atoms with van der Waals surface area (Å²) in [6.45, 7) is 2.96. The Labute approximate surface area is 121 Å². The molecule has 2 aromatic heterocycles. The van der Waals surface area contributed by atoms with Gasteiger partial charge in [-0.25, -0.2) is 9.97 Å². The van der Waals surface area contributed by atoms with Gasteiger partial charge < -0.3 is 14.6 Å². The second kappa shape index (κ2) is 6.64. The maximum absolute atomic E-state index is 11.1. The molecule has 0 aromatic carbocycles. The van der Waals surface area contributed by atoms with Crippen LogP contribution in [0.5, 0.6) is 5.88 Å². The topological polar surface area (TPSA) is 108 Å². The summed E-state index contributed by atoms with van der Waals surface area (Å²) in [5.41, 5.74) is -0.245. The quantitative estimate of drug-likeness (QED) is 0.466. The first-order valence-corrected chi connectivity index (χ1v) is 6.38. The number of methoxy groups -OCH3 is 1. The average Bonchev–Trinajstić information content (AvgIpc) is 2.95. The van der Waals surface area contributed by atoms with Crippen LogP contribution in [0.1, 0.15) is 12.2 Å². The van der Waals surface area contributed by atoms with Crippen molar-refractivity contribution in [2.24, 2.45) is 0 Å². The highest BCUT2D eigenvalue weighted by Gasteiger charge is 2.24. The number of anilines is 1. The van der Waals surface area contributed by atoms with Crippen molar-refractivity contribution in [1.82, 2.24) is 19.5 Å². The number of imidazole rings is 1. The van der Waals surface area contributed by atoms with Crippen LogP contribution in [-0.2, 0) is 6.54 Å². The van der Waals surface area contributed by atoms with E-state index in [1.807, 2.05) is 10.8 Å². The lowest BCUT2D eigenvalue weighted by Crippen LogP contribution is -2.11. The van der Waals surface area contributed by atoms with Crippen molar-refractivity contribution < 1.29 is 9.66 Å². The second-order valence-electron chi connectivity index (χ2n) is 4.32. The van der Waals surface area contributed by atoms with Crippen molar-refractivity contribution in [3.05, 3.63) is 34.7 Å². The number of hydrogen-bond acceptors (Lipinski definition) is 7. The molecule has 0 aliphatic heterocycles. The minimum Gasteiger partial charge on any atom is -0.476 e. The Morgan fingerprint density at radius 3 is 2.90 bits per heavy atom. The molecule has 1 N–H and O–H groups in total. The molecule has 0 aliphatic carbocycles. The van der Waals surface area contributed by atoms with Crippen LogP contribution in [0.2, 0.25) is 0 Å². The summed E-state index contributed by atoms with van der Waals surface area (Å²) in [5, 5.41) is 14.1. The van der Waals surface area contributed by atoms with Crippen LogP contribution in [0.3, 0.4) is 0 Å². The van der Waals surface area contributed by atoms with Gasteiger partial charge in [-0.1, -0.05) is 0 Å². The van der Waals surface area contributed by atoms with E-state index in [2.05, 4.69) is 20.3 Å². The molecular formula is C12H16N6O3. The van der Waals surface area contributed by atoms with Crippen molar-refractivity contribution in [2.75, 3.05) is 19.0 Å². The number of aryl methyl sites for hydroxylation is 2. The fourth-order valence-corrected chi connectivity index (χ4v) is 1.86. The van der Waals surface area contributed by atoms with Crippen LogP contribution in [0, 0.1) is 17.0 Å². The molecule has 0 saturated carbocycles. The van der Waals surface area contributed by atoms with Crippen molar-refractivity contribution in [2.45, 2.75) is 19.9 Å². The molecule has 9 nitrogen and oxygen atoms in total. The van der Waals surface area contributed by atoms with Gasteiger partial charge in [0.2, 0.25) is 5.82 Å². The minimum absolute atomic E-state index is 0.0374. The highest BCUT2D eigenvalue weighted by molar-refractivity contribution is 5.61. The van der Waals surface area contributed by atoms with Crippen LogP contribution < -0.4 is 10.1 Å². The lowest BCUT2D eigenvalue weighted by molar-refractivity contribution is -0.385. The van der Waals surface area contributed by atoms with Crippen molar-refractivity contribution in [3.63, 3.8) is 0 Å². The third-order valence-corrected chi connectivity index (χ3v) is 2.78. The molecule has 0 spiro atoms. The summed E-state index contributed by atoms with van der Waals surface area (Å²) < 4.78 is 6.88. The molecule has 0 bridgehead atoms. The molecule has 2 aromatic rings. The predicted octanol–water partition coefficient (Wildman–Crippen LogP) is 1.40. The van der Waals surface area contributed by atoms with Crippen LogP contribution >= 0.6 is 0 Å². The summed E-state index contributed by atoms with van der Waals surface area (Å²) in [5.74, 6) is 0.550. The molecule has 0 amide bonds. The second-order valence-corrected chi connectivity index (χ2v) is 4.32. The van der Waals surface area contributed by atoms with Gasteiger partial charge in [-0.05, 0) is 13.3 Å². The van der Waals surface area contributed by atoms with Gasteiger partial charge in [0, 0.05) is 25.5 Å². The van der Waals surface area contributed by atoms with E-state index in [1.165, 1.54) is 7.11 Å². The zero-order chi connectivity index (χ0) is 15.2. The number of hydrogen-bond donors (Lipinski definition) is 1. The number of ether oxygens (including phenoxy) is 1. The lowest BCUT2D eigenvalue weighted by Gasteiger charge is -2.09. The van der Waals surface area contributed by atoms with Crippen LogP contribution in [0.25, 0.3) is 0 Å². The average molecular weight is 292 g/mol. The molecule has 0 radical (unpaired) electrons. The molecule has 2 rings (SSSR count). The fraction of sp³-hybridized carbons (Fsp3) is 0.417. The van der Waals surface area contributed by atoms with E-state index in [-0.39, 0.29) is 17.4 Å². The molecule has 2 heterocycles. The maximum Gasteiger partial charge on any atom is 0.372 e. The minimum atomic E-state index is -0.545. The Bertz CT molecular complexity index is 614. The molecule has 112 valence electrons. The third kappa shape index (κ3) is 3.65. The molecule has 0 saturated heterocycles. The van der Waals surface area contributed by atoms with Gasteiger partial charge in [-0.3, -0.25) is 10.1 Å². The summed E-state index contributed by atoms with van der Waals surface area (Å²) in [6, 6.07) is 0. The van der Waals surface area contributed by atoms with E-state index < -0.39 is 4.92 Å². The Morgan fingerprint density at radius 2 is 2.29 bits per heavy atom. The Hall–Kier alpha value is -2.71. The molecule has 21 heavy (non-hydrogen) atoms. The summed E-state index contributed by atoms with van der Waals surface area (Å²) >= 11 is 0. The Balaban J connectivity index is 2.04. The van der Waals surface area contributed by atoms with Crippen molar-refractivity contribution in [3.8, 4) is 5.88 Å². The van der Waals surface area contributed by atoms with Crippen LogP contribution in [0.15, 0.2) is 18.7 Å². The molecule has 9 heteroatoms. The zero-order valence-corrected chi connectivity index (χ0v) is 11.8. The van der Waals surface area contributed by atoms with E-state index in [4.69, 9.17) is 4.74 Å². The van der Waals surface area contributed by atoms with Crippen LogP contribution in [0.4, 0.5) is 11.5 Å². The van der Waals surface area contributed by atoms with Gasteiger partial charge in [-0.15, -0.1) is 0 Å². The fourth-order valence-electron chi connectivity index (χ4n) is 1.86. The van der Waals surface area contributed by atoms with Gasteiger partial charge in [0.15, 0.2) is 0 Å². The highest BCUT2D eigenvalue weighted by Crippen LogP contribution is 2.31. The SMILES string of the molecule is COc1nc(C)nc(NCCCn2ccnc2)c1[N+](=O)[O-]. The maximum atomic E-state index is 11.1. The normalized spacial score (nSPS) is 10.4. The standard InChI is InChI=1S/C12H16N6O3/c1-9-15-11(10(18(19)20)12(16-9)21-2)14-4-3-6-17-7-5-13-8-17/h5,7-8H,3-4,6H2,1-2H3,(H,14,15,16). The molecular weight excluding hydrogens is 276 g/mol. The van der Waals surface area contributed by atoms with Crippen molar-refractivity contribution in [1.29, 1.82) is 0 Å². The van der Waals surface area contributed by atoms with Crippen LogP contribution in [-0.4, -0.2) is 38.1 Å². The Morgan fingerprint density at radius 1 is 1.48 bits per heavy atom. The zero-order valence-electron chi connectivity index (χ0n) is 11.8. The number of nitro groups is 1. The van der Waals surface area contributed by atoms with Gasteiger partial charge in [0.05, 0.1) is 18.4 Å². The van der Waals surface area contributed by atoms with E-state index in [0.717, 1.165) is 13.0 Å². The molecule has 0 atom stereocenters. The highest BCUT2D eigenvalue weighted by atomic mass is 16.6. The smallest absolute Gasteiger partial charge is 0.372 e. The summed E-state index contributed by atoms with van der Waals surface area (Å²) in [4.78, 5) is 22.5. The summed E-state index contributed by atoms with van der Waals surface area (Å²) in [6.07, 6.45) is 6.07. The van der Waals surface area contributed by atoms with Gasteiger partial charge >= 0.3 is 5.69 Å². The number of aromatic nitrogens is 4. The van der Waals surface area contributed by atoms with Gasteiger partial charge in [0.25, 0.3) is 5.88 Å². The van der Waals surface area contributed by atoms with E-state index in [1.54, 1.807) is 19.4 Å². The third-order valence-electron chi connectivity index (χ3n) is 2.78. The monoisotopic (exact) mass is 292 g/mol. The van der Waals surface area contributed by atoms with Gasteiger partial charge in [0.1, 0.15) is 5.82 Å². The molecule has 0 fully saturated rings. The van der Waals surface area contributed by atoms with Crippen molar-refractivity contribution >= 4 is 11.5 Å². The number of rotatable bonds is 7. The first-order valence-electron chi connectivity index (χ1n) is 6.38. The van der Waals surface area contributed by atoms with E-state index in [9.17, 15) is 10.1 Å². The lowest BCUT2D eigenvalue weighted by atomic mass is 10.4. The first-order chi connectivity index (χ1) is 10.1. The predicted molar refractivity (Wildman–Crippen MR) is 75.3 cm³/mol. The summed E-state index contributed by atoms with van der Waals surface area (Å²) in [7, 11) is 1.34. The molecule has 0 aliphatic rings. The number of nitrogens with zero attached hydrogens (tertiary/aromatic N) is 5. The van der Waals surface area contributed by atoms with E-state index >= 15 is 0 Å².